The summed E-state index contributed by atoms with van der Waals surface area (Å²) in [5.41, 5.74) is 1.78. The number of esters is 2. The van der Waals surface area contributed by atoms with Crippen LogP contribution in [-0.2, 0) is 9.59 Å². The summed E-state index contributed by atoms with van der Waals surface area (Å²) in [4.78, 5) is 25.2. The van der Waals surface area contributed by atoms with Crippen molar-refractivity contribution < 1.29 is 28.5 Å². The fourth-order valence-corrected chi connectivity index (χ4v) is 4.58. The van der Waals surface area contributed by atoms with Crippen molar-refractivity contribution in [3.05, 3.63) is 47.5 Å². The molecule has 26 heavy (non-hydrogen) atoms. The van der Waals surface area contributed by atoms with Gasteiger partial charge < -0.3 is 18.9 Å². The molecule has 3 aliphatic rings. The van der Waals surface area contributed by atoms with Crippen molar-refractivity contribution in [1.82, 2.24) is 0 Å². The van der Waals surface area contributed by atoms with Gasteiger partial charge >= 0.3 is 11.9 Å². The molecular weight excluding hydrogens is 336 g/mol. The van der Waals surface area contributed by atoms with Crippen LogP contribution in [0, 0.1) is 11.8 Å². The molecular formula is C20H16O6. The third kappa shape index (κ3) is 1.76. The molecule has 2 heterocycles. The SMILES string of the molecule is COc1cccc2c1OC(=O)[C@@H]1[C@@H]3C(=O)Oc4c(OC)cccc4[C@@H]3[C@H]21. The Morgan fingerprint density at radius 3 is 1.50 bits per heavy atom. The molecule has 6 heteroatoms. The Morgan fingerprint density at radius 2 is 1.12 bits per heavy atom. The molecule has 0 unspecified atom stereocenters. The van der Waals surface area contributed by atoms with E-state index in [9.17, 15) is 9.59 Å². The second-order valence-corrected chi connectivity index (χ2v) is 6.70. The Balaban J connectivity index is 1.69. The summed E-state index contributed by atoms with van der Waals surface area (Å²) in [7, 11) is 3.08. The number of benzene rings is 2. The van der Waals surface area contributed by atoms with Gasteiger partial charge in [0.05, 0.1) is 26.1 Å². The normalized spacial score (nSPS) is 27.6. The van der Waals surface area contributed by atoms with Crippen LogP contribution in [0.15, 0.2) is 36.4 Å². The van der Waals surface area contributed by atoms with Gasteiger partial charge in [0.1, 0.15) is 0 Å². The van der Waals surface area contributed by atoms with Gasteiger partial charge in [-0.2, -0.15) is 0 Å². The first-order chi connectivity index (χ1) is 12.7. The van der Waals surface area contributed by atoms with Crippen molar-refractivity contribution in [3.8, 4) is 23.0 Å². The molecule has 0 aromatic heterocycles. The summed E-state index contributed by atoms with van der Waals surface area (Å²) in [6.07, 6.45) is 0. The minimum Gasteiger partial charge on any atom is -0.493 e. The van der Waals surface area contributed by atoms with E-state index in [0.29, 0.717) is 23.0 Å². The molecule has 4 atom stereocenters. The fraction of sp³-hybridized carbons (Fsp3) is 0.300. The van der Waals surface area contributed by atoms with Crippen LogP contribution in [0.2, 0.25) is 0 Å². The zero-order valence-electron chi connectivity index (χ0n) is 14.2. The first-order valence-electron chi connectivity index (χ1n) is 8.43. The average Bonchev–Trinajstić information content (AvgIpc) is 2.62. The van der Waals surface area contributed by atoms with E-state index >= 15 is 0 Å². The number of methoxy groups -OCH3 is 2. The average molecular weight is 352 g/mol. The molecule has 2 aromatic rings. The van der Waals surface area contributed by atoms with Crippen LogP contribution in [0.3, 0.4) is 0 Å². The van der Waals surface area contributed by atoms with Gasteiger partial charge in [-0.3, -0.25) is 9.59 Å². The molecule has 0 spiro atoms. The quantitative estimate of drug-likeness (QED) is 0.611. The molecule has 132 valence electrons. The number of rotatable bonds is 2. The van der Waals surface area contributed by atoms with Crippen LogP contribution in [0.1, 0.15) is 23.0 Å². The van der Waals surface area contributed by atoms with E-state index in [0.717, 1.165) is 11.1 Å². The lowest BCUT2D eigenvalue weighted by atomic mass is 9.51. The van der Waals surface area contributed by atoms with E-state index in [4.69, 9.17) is 18.9 Å². The smallest absolute Gasteiger partial charge is 0.316 e. The number of hydrogen-bond acceptors (Lipinski definition) is 6. The lowest BCUT2D eigenvalue weighted by Crippen LogP contribution is -2.57. The van der Waals surface area contributed by atoms with Crippen molar-refractivity contribution in [2.75, 3.05) is 14.2 Å². The number of carbonyl (C=O) groups is 2. The van der Waals surface area contributed by atoms with Crippen molar-refractivity contribution in [1.29, 1.82) is 0 Å². The predicted octanol–water partition coefficient (Wildman–Crippen LogP) is 2.66. The second kappa shape index (κ2) is 5.24. The number of hydrogen-bond donors (Lipinski definition) is 0. The molecule has 5 rings (SSSR count). The van der Waals surface area contributed by atoms with E-state index in [-0.39, 0.29) is 11.8 Å². The van der Waals surface area contributed by atoms with Gasteiger partial charge in [0.25, 0.3) is 0 Å². The molecule has 6 nitrogen and oxygen atoms in total. The van der Waals surface area contributed by atoms with Gasteiger partial charge in [0.15, 0.2) is 23.0 Å². The topological polar surface area (TPSA) is 71.1 Å². The molecule has 1 aliphatic carbocycles. The Morgan fingerprint density at radius 1 is 0.692 bits per heavy atom. The van der Waals surface area contributed by atoms with Crippen molar-refractivity contribution in [3.63, 3.8) is 0 Å². The van der Waals surface area contributed by atoms with E-state index in [1.54, 1.807) is 12.1 Å². The highest BCUT2D eigenvalue weighted by atomic mass is 16.6. The molecule has 0 saturated heterocycles. The van der Waals surface area contributed by atoms with Crippen LogP contribution in [0.4, 0.5) is 0 Å². The monoisotopic (exact) mass is 352 g/mol. The zero-order chi connectivity index (χ0) is 18.0. The molecule has 2 aliphatic heterocycles. The maximum atomic E-state index is 12.6. The standard InChI is InChI=1S/C20H16O6/c1-23-11-7-3-5-9-13-14-10-6-4-8-12(24-2)18(10)26-20(22)16(14)15(13)19(21)25-17(9)11/h3-8,13-16H,1-2H3/t13-,14+,15-,16+. The number of ether oxygens (including phenoxy) is 4. The van der Waals surface area contributed by atoms with Crippen LogP contribution >= 0.6 is 0 Å². The van der Waals surface area contributed by atoms with E-state index in [1.165, 1.54) is 14.2 Å². The van der Waals surface area contributed by atoms with E-state index in [2.05, 4.69) is 0 Å². The van der Waals surface area contributed by atoms with Crippen LogP contribution in [-0.4, -0.2) is 26.2 Å². The zero-order valence-corrected chi connectivity index (χ0v) is 14.2. The fourth-order valence-electron chi connectivity index (χ4n) is 4.58. The minimum absolute atomic E-state index is 0.148. The molecule has 0 N–H and O–H groups in total. The summed E-state index contributed by atoms with van der Waals surface area (Å²) < 4.78 is 21.7. The Kier molecular flexibility index (Phi) is 3.07. The molecule has 1 saturated carbocycles. The van der Waals surface area contributed by atoms with Crippen LogP contribution < -0.4 is 18.9 Å². The largest absolute Gasteiger partial charge is 0.493 e. The van der Waals surface area contributed by atoms with Crippen molar-refractivity contribution >= 4 is 11.9 Å². The number of para-hydroxylation sites is 2. The van der Waals surface area contributed by atoms with Gasteiger partial charge in [-0.15, -0.1) is 0 Å². The lowest BCUT2D eigenvalue weighted by molar-refractivity contribution is -0.165. The summed E-state index contributed by atoms with van der Waals surface area (Å²) >= 11 is 0. The summed E-state index contributed by atoms with van der Waals surface area (Å²) in [5, 5.41) is 0. The minimum atomic E-state index is -0.536. The Hall–Kier alpha value is -3.02. The maximum Gasteiger partial charge on any atom is 0.316 e. The first kappa shape index (κ1) is 15.3. The molecule has 0 amide bonds. The molecule has 0 bridgehead atoms. The van der Waals surface area contributed by atoms with E-state index in [1.807, 2.05) is 24.3 Å². The van der Waals surface area contributed by atoms with Crippen molar-refractivity contribution in [2.45, 2.75) is 11.8 Å². The third-order valence-corrected chi connectivity index (χ3v) is 5.67. The highest BCUT2D eigenvalue weighted by Crippen LogP contribution is 2.66. The highest BCUT2D eigenvalue weighted by molar-refractivity contribution is 5.93. The molecule has 0 radical (unpaired) electrons. The lowest BCUT2D eigenvalue weighted by Gasteiger charge is -2.53. The van der Waals surface area contributed by atoms with Crippen molar-refractivity contribution in [2.24, 2.45) is 11.8 Å². The van der Waals surface area contributed by atoms with Crippen LogP contribution in [0.25, 0.3) is 0 Å². The second-order valence-electron chi connectivity index (χ2n) is 6.70. The third-order valence-electron chi connectivity index (χ3n) is 5.67. The summed E-state index contributed by atoms with van der Waals surface area (Å²) in [6, 6.07) is 11.1. The highest BCUT2D eigenvalue weighted by Gasteiger charge is 2.64. The number of fused-ring (bicyclic) bond motifs is 8. The first-order valence-corrected chi connectivity index (χ1v) is 8.43. The summed E-state index contributed by atoms with van der Waals surface area (Å²) in [5.74, 6) is -0.253. The Labute approximate surface area is 149 Å². The molecule has 2 aromatic carbocycles. The summed E-state index contributed by atoms with van der Waals surface area (Å²) in [6.45, 7) is 0. The van der Waals surface area contributed by atoms with E-state index < -0.39 is 23.8 Å². The Bertz CT molecular complexity index is 872. The van der Waals surface area contributed by atoms with Gasteiger partial charge in [0.2, 0.25) is 0 Å². The van der Waals surface area contributed by atoms with Gasteiger partial charge in [-0.1, -0.05) is 24.3 Å². The maximum absolute atomic E-state index is 12.6. The van der Waals surface area contributed by atoms with Gasteiger partial charge in [0, 0.05) is 23.0 Å². The van der Waals surface area contributed by atoms with Gasteiger partial charge in [-0.25, -0.2) is 0 Å². The predicted molar refractivity (Wildman–Crippen MR) is 89.7 cm³/mol. The molecule has 1 fully saturated rings. The number of carbonyl (C=O) groups excluding carboxylic acids is 2. The van der Waals surface area contributed by atoms with Gasteiger partial charge in [-0.05, 0) is 12.1 Å². The van der Waals surface area contributed by atoms with Crippen LogP contribution in [0.5, 0.6) is 23.0 Å².